The molecule has 0 saturated heterocycles. The number of ether oxygens (including phenoxy) is 1. The van der Waals surface area contributed by atoms with E-state index in [9.17, 15) is 18.0 Å². The molecule has 10 heteroatoms. The van der Waals surface area contributed by atoms with Crippen molar-refractivity contribution >= 4 is 17.7 Å². The van der Waals surface area contributed by atoms with Gasteiger partial charge in [0.05, 0.1) is 11.3 Å². The minimum atomic E-state index is -4.42. The van der Waals surface area contributed by atoms with Crippen molar-refractivity contribution in [3.05, 3.63) is 35.7 Å². The fourth-order valence-electron chi connectivity index (χ4n) is 2.98. The van der Waals surface area contributed by atoms with Crippen LogP contribution in [0.3, 0.4) is 0 Å². The number of thioether (sulfide) groups is 1. The predicted octanol–water partition coefficient (Wildman–Crippen LogP) is 3.56. The Labute approximate surface area is 164 Å². The average Bonchev–Trinajstić information content (AvgIpc) is 3.28. The number of amides is 1. The first-order valence-electron chi connectivity index (χ1n) is 8.93. The zero-order valence-electron chi connectivity index (χ0n) is 15.3. The highest BCUT2D eigenvalue weighted by Gasteiger charge is 2.30. The van der Waals surface area contributed by atoms with Crippen molar-refractivity contribution in [1.82, 2.24) is 20.1 Å². The molecule has 3 rings (SSSR count). The molecule has 28 heavy (non-hydrogen) atoms. The van der Waals surface area contributed by atoms with Gasteiger partial charge in [0.1, 0.15) is 12.4 Å². The number of rotatable bonds is 7. The highest BCUT2D eigenvalue weighted by atomic mass is 32.2. The summed E-state index contributed by atoms with van der Waals surface area (Å²) in [6, 6.07) is 4.94. The van der Waals surface area contributed by atoms with Crippen LogP contribution in [-0.2, 0) is 24.6 Å². The van der Waals surface area contributed by atoms with E-state index in [1.807, 2.05) is 0 Å². The highest BCUT2D eigenvalue weighted by molar-refractivity contribution is 7.99. The van der Waals surface area contributed by atoms with Gasteiger partial charge < -0.3 is 14.6 Å². The molecule has 1 aromatic heterocycles. The van der Waals surface area contributed by atoms with Crippen molar-refractivity contribution in [3.8, 4) is 5.75 Å². The van der Waals surface area contributed by atoms with Gasteiger partial charge in [-0.05, 0) is 31.0 Å². The van der Waals surface area contributed by atoms with Crippen LogP contribution in [0.1, 0.15) is 37.1 Å². The number of hydrogen-bond donors (Lipinski definition) is 1. The molecule has 0 bridgehead atoms. The largest absolute Gasteiger partial charge is 0.486 e. The molecule has 1 N–H and O–H groups in total. The van der Waals surface area contributed by atoms with Gasteiger partial charge >= 0.3 is 6.18 Å². The van der Waals surface area contributed by atoms with Gasteiger partial charge in [-0.15, -0.1) is 10.2 Å². The summed E-state index contributed by atoms with van der Waals surface area (Å²) in [6.07, 6.45) is -0.0744. The molecule has 1 aromatic carbocycles. The van der Waals surface area contributed by atoms with E-state index in [-0.39, 0.29) is 30.1 Å². The number of carbonyl (C=O) groups is 1. The van der Waals surface area contributed by atoms with Gasteiger partial charge in [0.25, 0.3) is 0 Å². The minimum absolute atomic E-state index is 0.0281. The Kier molecular flexibility index (Phi) is 6.48. The lowest BCUT2D eigenvalue weighted by Crippen LogP contribution is -2.33. The van der Waals surface area contributed by atoms with Gasteiger partial charge in [-0.2, -0.15) is 13.2 Å². The number of nitrogens with one attached hydrogen (secondary N) is 1. The summed E-state index contributed by atoms with van der Waals surface area (Å²) in [5, 5.41) is 11.6. The fourth-order valence-corrected chi connectivity index (χ4v) is 3.72. The zero-order valence-corrected chi connectivity index (χ0v) is 16.1. The van der Waals surface area contributed by atoms with Gasteiger partial charge in [-0.3, -0.25) is 4.79 Å². The lowest BCUT2D eigenvalue weighted by Gasteiger charge is -2.11. The number of halogens is 3. The third kappa shape index (κ3) is 5.40. The number of carbonyl (C=O) groups excluding carboxylic acids is 1. The lowest BCUT2D eigenvalue weighted by atomic mass is 10.2. The zero-order chi connectivity index (χ0) is 20.1. The number of benzene rings is 1. The number of aromatic nitrogens is 3. The SMILES string of the molecule is Cn1c(COc2cccc(C(F)(F)F)c2)nnc1SCC(=O)NC1CCCC1. The second kappa shape index (κ2) is 8.85. The second-order valence-electron chi connectivity index (χ2n) is 6.61. The van der Waals surface area contributed by atoms with Gasteiger partial charge in [-0.25, -0.2) is 0 Å². The first kappa shape index (κ1) is 20.5. The van der Waals surface area contributed by atoms with Crippen molar-refractivity contribution in [3.63, 3.8) is 0 Å². The molecular formula is C18H21F3N4O2S. The Morgan fingerprint density at radius 1 is 1.32 bits per heavy atom. The molecule has 1 aliphatic rings. The standard InChI is InChI=1S/C18H21F3N4O2S/c1-25-15(10-27-14-8-4-5-12(9-14)18(19,20)21)23-24-17(25)28-11-16(26)22-13-6-2-3-7-13/h4-5,8-9,13H,2-3,6-7,10-11H2,1H3,(H,22,26). The summed E-state index contributed by atoms with van der Waals surface area (Å²) in [6.45, 7) is -0.0281. The number of hydrogen-bond acceptors (Lipinski definition) is 5. The number of nitrogens with zero attached hydrogens (tertiary/aromatic N) is 3. The van der Waals surface area contributed by atoms with E-state index >= 15 is 0 Å². The molecule has 0 aliphatic heterocycles. The second-order valence-corrected chi connectivity index (χ2v) is 7.55. The summed E-state index contributed by atoms with van der Waals surface area (Å²) in [4.78, 5) is 12.0. The lowest BCUT2D eigenvalue weighted by molar-refractivity contribution is -0.137. The average molecular weight is 414 g/mol. The maximum absolute atomic E-state index is 12.8. The molecule has 0 unspecified atom stereocenters. The van der Waals surface area contributed by atoms with Crippen molar-refractivity contribution in [1.29, 1.82) is 0 Å². The Hall–Kier alpha value is -2.23. The Balaban J connectivity index is 1.52. The molecule has 152 valence electrons. The van der Waals surface area contributed by atoms with Gasteiger partial charge in [0, 0.05) is 13.1 Å². The summed E-state index contributed by atoms with van der Waals surface area (Å²) < 4.78 is 45.4. The Morgan fingerprint density at radius 3 is 2.79 bits per heavy atom. The van der Waals surface area contributed by atoms with E-state index in [1.165, 1.54) is 23.9 Å². The molecule has 1 saturated carbocycles. The van der Waals surface area contributed by atoms with Crippen molar-refractivity contribution < 1.29 is 22.7 Å². The first-order valence-corrected chi connectivity index (χ1v) is 9.92. The topological polar surface area (TPSA) is 69.0 Å². The Bertz CT molecular complexity index is 819. The summed E-state index contributed by atoms with van der Waals surface area (Å²) in [5.41, 5.74) is -0.771. The molecule has 2 aromatic rings. The summed E-state index contributed by atoms with van der Waals surface area (Å²) in [7, 11) is 1.72. The van der Waals surface area contributed by atoms with E-state index in [1.54, 1.807) is 11.6 Å². The van der Waals surface area contributed by atoms with Crippen LogP contribution in [-0.4, -0.2) is 32.5 Å². The van der Waals surface area contributed by atoms with Crippen LogP contribution in [0.2, 0.25) is 0 Å². The fraction of sp³-hybridized carbons (Fsp3) is 0.500. The van der Waals surface area contributed by atoms with Crippen molar-refractivity contribution in [2.24, 2.45) is 7.05 Å². The van der Waals surface area contributed by atoms with Crippen LogP contribution in [0, 0.1) is 0 Å². The maximum Gasteiger partial charge on any atom is 0.416 e. The maximum atomic E-state index is 12.8. The normalized spacial score (nSPS) is 15.0. The smallest absolute Gasteiger partial charge is 0.416 e. The van der Waals surface area contributed by atoms with E-state index in [0.29, 0.717) is 11.0 Å². The van der Waals surface area contributed by atoms with Crippen LogP contribution < -0.4 is 10.1 Å². The van der Waals surface area contributed by atoms with E-state index in [2.05, 4.69) is 15.5 Å². The molecule has 1 amide bonds. The van der Waals surface area contributed by atoms with Crippen LogP contribution in [0.4, 0.5) is 13.2 Å². The van der Waals surface area contributed by atoms with Crippen molar-refractivity contribution in [2.45, 2.75) is 49.7 Å². The van der Waals surface area contributed by atoms with Gasteiger partial charge in [-0.1, -0.05) is 30.7 Å². The molecule has 1 fully saturated rings. The quantitative estimate of drug-likeness (QED) is 0.702. The molecule has 0 atom stereocenters. The monoisotopic (exact) mass is 414 g/mol. The Morgan fingerprint density at radius 2 is 2.07 bits per heavy atom. The summed E-state index contributed by atoms with van der Waals surface area (Å²) in [5.74, 6) is 0.748. The molecule has 0 radical (unpaired) electrons. The van der Waals surface area contributed by atoms with Crippen LogP contribution in [0.15, 0.2) is 29.4 Å². The molecule has 1 heterocycles. The third-order valence-electron chi connectivity index (χ3n) is 4.51. The van der Waals surface area contributed by atoms with Crippen LogP contribution in [0.25, 0.3) is 0 Å². The van der Waals surface area contributed by atoms with E-state index < -0.39 is 11.7 Å². The summed E-state index contributed by atoms with van der Waals surface area (Å²) >= 11 is 1.26. The highest BCUT2D eigenvalue weighted by Crippen LogP contribution is 2.31. The van der Waals surface area contributed by atoms with Crippen LogP contribution >= 0.6 is 11.8 Å². The molecule has 6 nitrogen and oxygen atoms in total. The van der Waals surface area contributed by atoms with Crippen molar-refractivity contribution in [2.75, 3.05) is 5.75 Å². The first-order chi connectivity index (χ1) is 13.3. The van der Waals surface area contributed by atoms with E-state index in [0.717, 1.165) is 37.8 Å². The minimum Gasteiger partial charge on any atom is -0.486 e. The van der Waals surface area contributed by atoms with E-state index in [4.69, 9.17) is 4.74 Å². The van der Waals surface area contributed by atoms with Crippen LogP contribution in [0.5, 0.6) is 5.75 Å². The number of alkyl halides is 3. The van der Waals surface area contributed by atoms with Gasteiger partial charge in [0.2, 0.25) is 5.91 Å². The molecule has 0 spiro atoms. The molecular weight excluding hydrogens is 393 g/mol. The van der Waals surface area contributed by atoms with Gasteiger partial charge in [0.15, 0.2) is 11.0 Å². The molecule has 1 aliphatic carbocycles. The predicted molar refractivity (Wildman–Crippen MR) is 97.9 cm³/mol. The third-order valence-corrected chi connectivity index (χ3v) is 5.53.